The molecule has 1 aromatic heterocycles. The van der Waals surface area contributed by atoms with E-state index in [2.05, 4.69) is 11.5 Å². The number of hydrogen-bond acceptors (Lipinski definition) is 1. The first-order chi connectivity index (χ1) is 11.0. The second-order valence-electron chi connectivity index (χ2n) is 5.63. The van der Waals surface area contributed by atoms with Gasteiger partial charge >= 0.3 is 0 Å². The summed E-state index contributed by atoms with van der Waals surface area (Å²) in [6.45, 7) is 5.78. The molecule has 124 valence electrons. The number of carbonyl (C=O) groups excluding carboxylic acids is 1. The van der Waals surface area contributed by atoms with E-state index < -0.39 is 5.38 Å². The van der Waals surface area contributed by atoms with Gasteiger partial charge in [-0.05, 0) is 43.2 Å². The molecule has 0 bridgehead atoms. The van der Waals surface area contributed by atoms with Crippen molar-refractivity contribution in [3.8, 4) is 0 Å². The molecule has 2 rings (SSSR count). The molecule has 0 aliphatic rings. The lowest BCUT2D eigenvalue weighted by molar-refractivity contribution is -0.131. The molecule has 1 amide bonds. The van der Waals surface area contributed by atoms with E-state index in [9.17, 15) is 4.79 Å². The van der Waals surface area contributed by atoms with Gasteiger partial charge in [-0.15, -0.1) is 11.6 Å². The highest BCUT2D eigenvalue weighted by Crippen LogP contribution is 2.15. The van der Waals surface area contributed by atoms with Gasteiger partial charge in [0.2, 0.25) is 5.91 Å². The van der Waals surface area contributed by atoms with Gasteiger partial charge in [0.05, 0.1) is 6.54 Å². The van der Waals surface area contributed by atoms with Crippen LogP contribution in [0, 0.1) is 0 Å². The van der Waals surface area contributed by atoms with Gasteiger partial charge in [-0.1, -0.05) is 30.7 Å². The van der Waals surface area contributed by atoms with E-state index in [-0.39, 0.29) is 5.91 Å². The topological polar surface area (TPSA) is 25.2 Å². The lowest BCUT2D eigenvalue weighted by atomic mass is 10.2. The van der Waals surface area contributed by atoms with Crippen LogP contribution in [0.15, 0.2) is 42.6 Å². The zero-order chi connectivity index (χ0) is 16.8. The van der Waals surface area contributed by atoms with Crippen LogP contribution in [0.3, 0.4) is 0 Å². The Morgan fingerprint density at radius 1 is 1.30 bits per heavy atom. The Morgan fingerprint density at radius 3 is 2.74 bits per heavy atom. The summed E-state index contributed by atoms with van der Waals surface area (Å²) in [5, 5.41) is 0.229. The molecule has 0 saturated heterocycles. The van der Waals surface area contributed by atoms with Crippen molar-refractivity contribution < 1.29 is 4.79 Å². The second-order valence-corrected chi connectivity index (χ2v) is 6.72. The molecule has 23 heavy (non-hydrogen) atoms. The lowest BCUT2D eigenvalue weighted by Gasteiger charge is -2.24. The monoisotopic (exact) mass is 352 g/mol. The molecule has 0 aliphatic carbocycles. The molecule has 0 spiro atoms. The van der Waals surface area contributed by atoms with Crippen LogP contribution in [0.4, 0.5) is 0 Å². The van der Waals surface area contributed by atoms with Gasteiger partial charge in [0, 0.05) is 30.0 Å². The Bertz CT molecular complexity index is 652. The van der Waals surface area contributed by atoms with Gasteiger partial charge in [-0.2, -0.15) is 0 Å². The van der Waals surface area contributed by atoms with E-state index in [1.54, 1.807) is 6.92 Å². The van der Waals surface area contributed by atoms with Crippen LogP contribution >= 0.6 is 23.2 Å². The first-order valence-electron chi connectivity index (χ1n) is 7.82. The Balaban J connectivity index is 2.14. The zero-order valence-corrected chi connectivity index (χ0v) is 15.0. The minimum Gasteiger partial charge on any atom is -0.345 e. The fourth-order valence-corrected chi connectivity index (χ4v) is 2.91. The second kappa shape index (κ2) is 8.42. The van der Waals surface area contributed by atoms with Crippen molar-refractivity contribution in [1.29, 1.82) is 0 Å². The average Bonchev–Trinajstić information content (AvgIpc) is 2.93. The van der Waals surface area contributed by atoms with Crippen LogP contribution in [0.1, 0.15) is 31.5 Å². The number of aromatic nitrogens is 1. The SMILES string of the molecule is CCCN(Cc1cccn1Cc1cccc(Cl)c1)C(=O)[C@H](C)Cl. The maximum atomic E-state index is 12.2. The molecule has 5 heteroatoms. The molecule has 3 nitrogen and oxygen atoms in total. The van der Waals surface area contributed by atoms with E-state index in [0.29, 0.717) is 13.1 Å². The number of halogens is 2. The predicted molar refractivity (Wildman–Crippen MR) is 96.0 cm³/mol. The van der Waals surface area contributed by atoms with Crippen LogP contribution in [-0.4, -0.2) is 27.3 Å². The first kappa shape index (κ1) is 17.9. The quantitative estimate of drug-likeness (QED) is 0.670. The number of hydrogen-bond donors (Lipinski definition) is 0. The average molecular weight is 353 g/mol. The Morgan fingerprint density at radius 2 is 2.09 bits per heavy atom. The summed E-state index contributed by atoms with van der Waals surface area (Å²) in [5.74, 6) is -0.0241. The molecule has 1 atom stereocenters. The maximum absolute atomic E-state index is 12.2. The third kappa shape index (κ3) is 5.02. The van der Waals surface area contributed by atoms with E-state index in [4.69, 9.17) is 23.2 Å². The summed E-state index contributed by atoms with van der Waals surface area (Å²) in [5.41, 5.74) is 2.22. The van der Waals surface area contributed by atoms with Crippen LogP contribution in [0.25, 0.3) is 0 Å². The largest absolute Gasteiger partial charge is 0.345 e. The van der Waals surface area contributed by atoms with Crippen molar-refractivity contribution >= 4 is 29.1 Å². The lowest BCUT2D eigenvalue weighted by Crippen LogP contribution is -2.36. The number of carbonyl (C=O) groups is 1. The van der Waals surface area contributed by atoms with Crippen LogP contribution in [0.5, 0.6) is 0 Å². The fourth-order valence-electron chi connectivity index (χ4n) is 2.56. The smallest absolute Gasteiger partial charge is 0.240 e. The van der Waals surface area contributed by atoms with Gasteiger partial charge in [-0.25, -0.2) is 0 Å². The van der Waals surface area contributed by atoms with Crippen LogP contribution in [0.2, 0.25) is 5.02 Å². The third-order valence-corrected chi connectivity index (χ3v) is 4.09. The van der Waals surface area contributed by atoms with Crippen molar-refractivity contribution in [3.63, 3.8) is 0 Å². The summed E-state index contributed by atoms with van der Waals surface area (Å²) in [4.78, 5) is 14.1. The summed E-state index contributed by atoms with van der Waals surface area (Å²) < 4.78 is 2.14. The molecule has 0 unspecified atom stereocenters. The van der Waals surface area contributed by atoms with Crippen molar-refractivity contribution in [2.75, 3.05) is 6.54 Å². The molecule has 2 aromatic rings. The highest BCUT2D eigenvalue weighted by molar-refractivity contribution is 6.30. The van der Waals surface area contributed by atoms with Crippen LogP contribution < -0.4 is 0 Å². The molecule has 1 heterocycles. The van der Waals surface area contributed by atoms with E-state index in [0.717, 1.165) is 29.2 Å². The van der Waals surface area contributed by atoms with Gasteiger partial charge in [0.25, 0.3) is 0 Å². The van der Waals surface area contributed by atoms with Crippen molar-refractivity contribution in [2.45, 2.75) is 38.7 Å². The zero-order valence-electron chi connectivity index (χ0n) is 13.5. The van der Waals surface area contributed by atoms with Crippen molar-refractivity contribution in [1.82, 2.24) is 9.47 Å². The predicted octanol–water partition coefficient (Wildman–Crippen LogP) is 4.56. The third-order valence-electron chi connectivity index (χ3n) is 3.66. The molecule has 0 fully saturated rings. The Labute approximate surface area is 147 Å². The summed E-state index contributed by atoms with van der Waals surface area (Å²) in [6, 6.07) is 11.9. The summed E-state index contributed by atoms with van der Waals surface area (Å²) in [7, 11) is 0. The van der Waals surface area contributed by atoms with Gasteiger partial charge in [-0.3, -0.25) is 4.79 Å². The number of nitrogens with zero attached hydrogens (tertiary/aromatic N) is 2. The highest BCUT2D eigenvalue weighted by atomic mass is 35.5. The number of benzene rings is 1. The minimum atomic E-state index is -0.502. The minimum absolute atomic E-state index is 0.0241. The highest BCUT2D eigenvalue weighted by Gasteiger charge is 2.19. The number of alkyl halides is 1. The normalized spacial score (nSPS) is 12.2. The van der Waals surface area contributed by atoms with Crippen molar-refractivity contribution in [3.05, 3.63) is 58.9 Å². The molecular formula is C18H22Cl2N2O. The molecular weight excluding hydrogens is 331 g/mol. The number of amides is 1. The van der Waals surface area contributed by atoms with Gasteiger partial charge in [0.15, 0.2) is 0 Å². The maximum Gasteiger partial charge on any atom is 0.240 e. The Hall–Kier alpha value is -1.45. The summed E-state index contributed by atoms with van der Waals surface area (Å²) in [6.07, 6.45) is 2.93. The standard InChI is InChI=1S/C18H22Cl2N2O/c1-3-9-22(18(23)14(2)19)13-17-8-5-10-21(17)12-15-6-4-7-16(20)11-15/h4-8,10-11,14H,3,9,12-13H2,1-2H3/t14-/m0/s1. The van der Waals surface area contributed by atoms with E-state index >= 15 is 0 Å². The molecule has 0 aliphatic heterocycles. The van der Waals surface area contributed by atoms with E-state index in [1.807, 2.05) is 47.5 Å². The van der Waals surface area contributed by atoms with Gasteiger partial charge < -0.3 is 9.47 Å². The molecule has 0 radical (unpaired) electrons. The first-order valence-corrected chi connectivity index (χ1v) is 8.64. The van der Waals surface area contributed by atoms with Gasteiger partial charge in [0.1, 0.15) is 5.38 Å². The molecule has 1 aromatic carbocycles. The van der Waals surface area contributed by atoms with Crippen molar-refractivity contribution in [2.24, 2.45) is 0 Å². The summed E-state index contributed by atoms with van der Waals surface area (Å²) >= 11 is 12.0. The molecule has 0 N–H and O–H groups in total. The fraction of sp³-hybridized carbons (Fsp3) is 0.389. The molecule has 0 saturated carbocycles. The van der Waals surface area contributed by atoms with Crippen LogP contribution in [-0.2, 0) is 17.9 Å². The number of rotatable bonds is 7. The van der Waals surface area contributed by atoms with E-state index in [1.165, 1.54) is 0 Å². The Kier molecular flexibility index (Phi) is 6.55.